The minimum Gasteiger partial charge on any atom is -0.467 e. The van der Waals surface area contributed by atoms with E-state index in [0.717, 1.165) is 31.7 Å². The predicted molar refractivity (Wildman–Crippen MR) is 84.5 cm³/mol. The molecule has 1 aliphatic rings. The fourth-order valence-electron chi connectivity index (χ4n) is 2.56. The van der Waals surface area contributed by atoms with Crippen molar-refractivity contribution in [2.75, 3.05) is 27.3 Å². The molecular weight excluding hydrogens is 266 g/mol. The Hall–Kier alpha value is -1.20. The lowest BCUT2D eigenvalue weighted by Crippen LogP contribution is -2.62. The van der Waals surface area contributed by atoms with E-state index in [9.17, 15) is 0 Å². The van der Waals surface area contributed by atoms with Crippen LogP contribution in [0.1, 0.15) is 45.7 Å². The Labute approximate surface area is 128 Å². The van der Waals surface area contributed by atoms with Crippen molar-refractivity contribution in [3.05, 3.63) is 18.0 Å². The van der Waals surface area contributed by atoms with Crippen LogP contribution in [-0.4, -0.2) is 47.8 Å². The Kier molecular flexibility index (Phi) is 7.61. The van der Waals surface area contributed by atoms with Crippen LogP contribution in [-0.2, 0) is 11.3 Å². The van der Waals surface area contributed by atoms with Crippen molar-refractivity contribution in [2.45, 2.75) is 52.2 Å². The summed E-state index contributed by atoms with van der Waals surface area (Å²) in [7, 11) is 3.41. The highest BCUT2D eigenvalue weighted by atomic mass is 16.5. The Balaban J connectivity index is 0.00000106. The molecule has 0 atom stereocenters. The van der Waals surface area contributed by atoms with Gasteiger partial charge in [-0.25, -0.2) is 4.98 Å². The molecule has 1 aromatic heterocycles. The molecule has 5 heteroatoms. The van der Waals surface area contributed by atoms with Gasteiger partial charge in [-0.2, -0.15) is 4.98 Å². The highest BCUT2D eigenvalue weighted by molar-refractivity contribution is 5.07. The number of hydrogen-bond acceptors (Lipinski definition) is 5. The second kappa shape index (κ2) is 8.95. The molecule has 0 bridgehead atoms. The van der Waals surface area contributed by atoms with Crippen molar-refractivity contribution in [3.63, 3.8) is 0 Å². The van der Waals surface area contributed by atoms with Crippen LogP contribution in [0.5, 0.6) is 6.01 Å². The Morgan fingerprint density at radius 3 is 2.57 bits per heavy atom. The van der Waals surface area contributed by atoms with Crippen molar-refractivity contribution in [3.8, 4) is 6.01 Å². The molecule has 0 N–H and O–H groups in total. The van der Waals surface area contributed by atoms with Crippen molar-refractivity contribution >= 4 is 0 Å². The molecule has 0 unspecified atom stereocenters. The minimum absolute atomic E-state index is 0.0626. The normalized spacial score (nSPS) is 16.6. The van der Waals surface area contributed by atoms with E-state index in [1.807, 2.05) is 27.0 Å². The zero-order valence-electron chi connectivity index (χ0n) is 14.1. The summed E-state index contributed by atoms with van der Waals surface area (Å²) >= 11 is 0. The summed E-state index contributed by atoms with van der Waals surface area (Å²) in [4.78, 5) is 10.7. The number of nitrogens with zero attached hydrogens (tertiary/aromatic N) is 3. The molecule has 120 valence electrons. The van der Waals surface area contributed by atoms with E-state index >= 15 is 0 Å². The topological polar surface area (TPSA) is 47.5 Å². The molecule has 1 fully saturated rings. The maximum atomic E-state index is 5.69. The monoisotopic (exact) mass is 295 g/mol. The number of likely N-dealkylation sites (tertiary alicyclic amines) is 1. The summed E-state index contributed by atoms with van der Waals surface area (Å²) < 4.78 is 10.7. The van der Waals surface area contributed by atoms with Gasteiger partial charge in [0.1, 0.15) is 0 Å². The van der Waals surface area contributed by atoms with Gasteiger partial charge in [-0.05, 0) is 12.5 Å². The first-order valence-electron chi connectivity index (χ1n) is 7.85. The van der Waals surface area contributed by atoms with Gasteiger partial charge in [0.15, 0.2) is 0 Å². The molecule has 1 saturated heterocycles. The number of hydrogen-bond donors (Lipinski definition) is 0. The van der Waals surface area contributed by atoms with Crippen molar-refractivity contribution < 1.29 is 9.47 Å². The van der Waals surface area contributed by atoms with Gasteiger partial charge in [0, 0.05) is 32.9 Å². The van der Waals surface area contributed by atoms with E-state index in [1.54, 1.807) is 13.3 Å². The number of methoxy groups -OCH3 is 2. The third-order valence-corrected chi connectivity index (χ3v) is 3.70. The second-order valence-corrected chi connectivity index (χ2v) is 5.17. The van der Waals surface area contributed by atoms with Gasteiger partial charge in [0.25, 0.3) is 0 Å². The lowest BCUT2D eigenvalue weighted by atomic mass is 9.88. The third-order valence-electron chi connectivity index (χ3n) is 3.70. The first kappa shape index (κ1) is 17.9. The smallest absolute Gasteiger partial charge is 0.316 e. The van der Waals surface area contributed by atoms with Gasteiger partial charge in [-0.3, -0.25) is 4.90 Å². The molecule has 5 nitrogen and oxygen atoms in total. The molecule has 2 rings (SSSR count). The third kappa shape index (κ3) is 4.93. The fourth-order valence-corrected chi connectivity index (χ4v) is 2.56. The van der Waals surface area contributed by atoms with E-state index in [-0.39, 0.29) is 5.60 Å². The quantitative estimate of drug-likeness (QED) is 0.774. The van der Waals surface area contributed by atoms with E-state index in [4.69, 9.17) is 9.47 Å². The van der Waals surface area contributed by atoms with Crippen LogP contribution in [0, 0.1) is 0 Å². The lowest BCUT2D eigenvalue weighted by Gasteiger charge is -2.49. The van der Waals surface area contributed by atoms with Crippen LogP contribution in [0.2, 0.25) is 0 Å². The number of rotatable bonds is 7. The molecule has 0 spiro atoms. The molecule has 0 aliphatic carbocycles. The summed E-state index contributed by atoms with van der Waals surface area (Å²) in [5.41, 5.74) is 1.06. The zero-order valence-corrected chi connectivity index (χ0v) is 14.1. The molecule has 21 heavy (non-hydrogen) atoms. The van der Waals surface area contributed by atoms with E-state index in [1.165, 1.54) is 12.8 Å². The van der Waals surface area contributed by atoms with Gasteiger partial charge < -0.3 is 9.47 Å². The first-order chi connectivity index (χ1) is 10.2. The van der Waals surface area contributed by atoms with Gasteiger partial charge in [-0.1, -0.05) is 33.6 Å². The Bertz CT molecular complexity index is 406. The second-order valence-electron chi connectivity index (χ2n) is 5.17. The summed E-state index contributed by atoms with van der Waals surface area (Å²) in [6.07, 6.45) is 5.32. The maximum absolute atomic E-state index is 5.69. The summed E-state index contributed by atoms with van der Waals surface area (Å²) in [5.74, 6) is 0. The number of aromatic nitrogens is 2. The van der Waals surface area contributed by atoms with Gasteiger partial charge in [-0.15, -0.1) is 0 Å². The van der Waals surface area contributed by atoms with Crippen LogP contribution in [0.25, 0.3) is 0 Å². The largest absolute Gasteiger partial charge is 0.467 e. The molecule has 0 radical (unpaired) electrons. The standard InChI is InChI=1S/C14H23N3O2.C2H6/c1-4-5-7-14(19-3)10-17(11-14)9-12-6-8-15-13(16-12)18-2;1-2/h6,8H,4-5,7,9-11H2,1-3H3;1-2H3. The molecule has 1 aromatic rings. The zero-order chi connectivity index (χ0) is 15.7. The first-order valence-corrected chi connectivity index (χ1v) is 7.85. The predicted octanol–water partition coefficient (Wildman–Crippen LogP) is 2.90. The van der Waals surface area contributed by atoms with E-state index in [0.29, 0.717) is 6.01 Å². The fraction of sp³-hybridized carbons (Fsp3) is 0.750. The van der Waals surface area contributed by atoms with Crippen molar-refractivity contribution in [1.29, 1.82) is 0 Å². The van der Waals surface area contributed by atoms with Crippen molar-refractivity contribution in [1.82, 2.24) is 14.9 Å². The van der Waals surface area contributed by atoms with Gasteiger partial charge >= 0.3 is 6.01 Å². The summed E-state index contributed by atoms with van der Waals surface area (Å²) in [6.45, 7) is 9.01. The van der Waals surface area contributed by atoms with Crippen LogP contribution in [0.15, 0.2) is 12.3 Å². The number of unbranched alkanes of at least 4 members (excludes halogenated alkanes) is 1. The van der Waals surface area contributed by atoms with Crippen LogP contribution in [0.4, 0.5) is 0 Å². The molecule has 1 aliphatic heterocycles. The van der Waals surface area contributed by atoms with Crippen LogP contribution < -0.4 is 4.74 Å². The highest BCUT2D eigenvalue weighted by Crippen LogP contribution is 2.30. The Morgan fingerprint density at radius 2 is 2.00 bits per heavy atom. The van der Waals surface area contributed by atoms with Crippen LogP contribution in [0.3, 0.4) is 0 Å². The van der Waals surface area contributed by atoms with Gasteiger partial charge in [0.2, 0.25) is 0 Å². The highest BCUT2D eigenvalue weighted by Gasteiger charge is 2.42. The summed E-state index contributed by atoms with van der Waals surface area (Å²) in [5, 5.41) is 0. The average molecular weight is 295 g/mol. The summed E-state index contributed by atoms with van der Waals surface area (Å²) in [6, 6.07) is 2.36. The maximum Gasteiger partial charge on any atom is 0.316 e. The minimum atomic E-state index is 0.0626. The molecular formula is C16H29N3O2. The Morgan fingerprint density at radius 1 is 1.29 bits per heavy atom. The SMILES string of the molecule is CC.CCCCC1(OC)CN(Cc2ccnc(OC)n2)C1. The van der Waals surface area contributed by atoms with Crippen molar-refractivity contribution in [2.24, 2.45) is 0 Å². The molecule has 0 amide bonds. The lowest BCUT2D eigenvalue weighted by molar-refractivity contribution is -0.133. The molecule has 0 saturated carbocycles. The van der Waals surface area contributed by atoms with Crippen LogP contribution >= 0.6 is 0 Å². The van der Waals surface area contributed by atoms with Gasteiger partial charge in [0.05, 0.1) is 18.4 Å². The van der Waals surface area contributed by atoms with E-state index < -0.39 is 0 Å². The van der Waals surface area contributed by atoms with E-state index in [2.05, 4.69) is 21.8 Å². The molecule has 2 heterocycles. The average Bonchev–Trinajstić information content (AvgIpc) is 2.51. The number of ether oxygens (including phenoxy) is 2. The molecule has 0 aromatic carbocycles.